The number of hydrogen-bond acceptors (Lipinski definition) is 4. The SMILES string of the molecule is N#CCn1nc(C(N)=O)c2c1CCCC2=O. The molecule has 0 fully saturated rings. The molecule has 82 valence electrons. The fourth-order valence-electron chi connectivity index (χ4n) is 1.96. The number of aromatic nitrogens is 2. The Kier molecular flexibility index (Phi) is 2.44. The number of carbonyl (C=O) groups is 2. The summed E-state index contributed by atoms with van der Waals surface area (Å²) in [7, 11) is 0. The zero-order valence-electron chi connectivity index (χ0n) is 8.56. The number of nitrogens with two attached hydrogens (primary N) is 1. The minimum atomic E-state index is -0.719. The molecule has 0 saturated heterocycles. The summed E-state index contributed by atoms with van der Waals surface area (Å²) in [4.78, 5) is 22.8. The van der Waals surface area contributed by atoms with Gasteiger partial charge in [0.15, 0.2) is 11.5 Å². The van der Waals surface area contributed by atoms with Crippen LogP contribution in [0.25, 0.3) is 0 Å². The number of fused-ring (bicyclic) bond motifs is 1. The highest BCUT2D eigenvalue weighted by atomic mass is 16.1. The van der Waals surface area contributed by atoms with Gasteiger partial charge in [-0.05, 0) is 12.8 Å². The molecule has 0 aliphatic heterocycles. The monoisotopic (exact) mass is 218 g/mol. The Morgan fingerprint density at radius 2 is 2.31 bits per heavy atom. The number of nitrogens with zero attached hydrogens (tertiary/aromatic N) is 3. The standard InChI is InChI=1S/C10H10N4O2/c11-4-5-14-6-2-1-3-7(15)8(6)9(13-14)10(12)16/h1-3,5H2,(H2,12,16). The number of primary amides is 1. The lowest BCUT2D eigenvalue weighted by Gasteiger charge is -2.11. The lowest BCUT2D eigenvalue weighted by atomic mass is 9.94. The first-order valence-corrected chi connectivity index (χ1v) is 4.94. The molecule has 0 bridgehead atoms. The summed E-state index contributed by atoms with van der Waals surface area (Å²) in [6.07, 6.45) is 1.79. The third kappa shape index (κ3) is 1.46. The van der Waals surface area contributed by atoms with Crippen molar-refractivity contribution in [2.24, 2.45) is 5.73 Å². The minimum Gasteiger partial charge on any atom is -0.364 e. The molecule has 0 saturated carbocycles. The molecular formula is C10H10N4O2. The van der Waals surface area contributed by atoms with Gasteiger partial charge in [0.2, 0.25) is 0 Å². The zero-order chi connectivity index (χ0) is 11.7. The molecule has 1 aromatic rings. The van der Waals surface area contributed by atoms with E-state index in [2.05, 4.69) is 5.10 Å². The van der Waals surface area contributed by atoms with E-state index in [1.54, 1.807) is 0 Å². The summed E-state index contributed by atoms with van der Waals surface area (Å²) in [6.45, 7) is 0.0306. The van der Waals surface area contributed by atoms with Gasteiger partial charge in [-0.1, -0.05) is 0 Å². The maximum atomic E-state index is 11.7. The average Bonchev–Trinajstić information content (AvgIpc) is 2.60. The van der Waals surface area contributed by atoms with E-state index >= 15 is 0 Å². The Hall–Kier alpha value is -2.16. The van der Waals surface area contributed by atoms with Gasteiger partial charge in [0.05, 0.1) is 17.3 Å². The zero-order valence-corrected chi connectivity index (χ0v) is 8.56. The van der Waals surface area contributed by atoms with Crippen molar-refractivity contribution in [3.05, 3.63) is 17.0 Å². The van der Waals surface area contributed by atoms with Crippen LogP contribution in [0.4, 0.5) is 0 Å². The van der Waals surface area contributed by atoms with Gasteiger partial charge in [-0.3, -0.25) is 14.3 Å². The highest BCUT2D eigenvalue weighted by Gasteiger charge is 2.28. The average molecular weight is 218 g/mol. The summed E-state index contributed by atoms with van der Waals surface area (Å²) >= 11 is 0. The normalized spacial score (nSPS) is 14.3. The van der Waals surface area contributed by atoms with Crippen LogP contribution in [0.1, 0.15) is 39.4 Å². The van der Waals surface area contributed by atoms with Crippen molar-refractivity contribution in [3.8, 4) is 6.07 Å². The molecule has 0 atom stereocenters. The Morgan fingerprint density at radius 3 is 2.94 bits per heavy atom. The molecule has 0 spiro atoms. The highest BCUT2D eigenvalue weighted by Crippen LogP contribution is 2.24. The molecule has 1 aliphatic rings. The lowest BCUT2D eigenvalue weighted by Crippen LogP contribution is -2.18. The molecule has 1 aromatic heterocycles. The molecule has 1 amide bonds. The summed E-state index contributed by atoms with van der Waals surface area (Å²) in [5, 5.41) is 12.6. The fraction of sp³-hybridized carbons (Fsp3) is 0.400. The summed E-state index contributed by atoms with van der Waals surface area (Å²) in [5.41, 5.74) is 6.13. The van der Waals surface area contributed by atoms with Crippen molar-refractivity contribution in [2.75, 3.05) is 0 Å². The number of Topliss-reactive ketones (excluding diaryl/α,β-unsaturated/α-hetero) is 1. The van der Waals surface area contributed by atoms with Gasteiger partial charge in [0, 0.05) is 6.42 Å². The van der Waals surface area contributed by atoms with Crippen LogP contribution in [0, 0.1) is 11.3 Å². The topological polar surface area (TPSA) is 102 Å². The number of ketones is 1. The van der Waals surface area contributed by atoms with Crippen molar-refractivity contribution < 1.29 is 9.59 Å². The second kappa shape index (κ2) is 3.77. The van der Waals surface area contributed by atoms with Crippen LogP contribution in [-0.4, -0.2) is 21.5 Å². The van der Waals surface area contributed by atoms with E-state index in [9.17, 15) is 9.59 Å². The summed E-state index contributed by atoms with van der Waals surface area (Å²) in [5.74, 6) is -0.831. The van der Waals surface area contributed by atoms with Gasteiger partial charge in [-0.2, -0.15) is 10.4 Å². The first kappa shape index (κ1) is 10.4. The van der Waals surface area contributed by atoms with E-state index in [0.717, 1.165) is 6.42 Å². The van der Waals surface area contributed by atoms with Crippen molar-refractivity contribution in [1.82, 2.24) is 9.78 Å². The summed E-state index contributed by atoms with van der Waals surface area (Å²) < 4.78 is 1.40. The van der Waals surface area contributed by atoms with Gasteiger partial charge in [-0.15, -0.1) is 0 Å². The van der Waals surface area contributed by atoms with Crippen LogP contribution in [0.15, 0.2) is 0 Å². The second-order valence-electron chi connectivity index (χ2n) is 3.63. The van der Waals surface area contributed by atoms with Crippen LogP contribution in [-0.2, 0) is 13.0 Å². The smallest absolute Gasteiger partial charge is 0.269 e. The summed E-state index contributed by atoms with van der Waals surface area (Å²) in [6, 6.07) is 1.94. The second-order valence-corrected chi connectivity index (χ2v) is 3.63. The third-order valence-electron chi connectivity index (χ3n) is 2.61. The van der Waals surface area contributed by atoms with E-state index in [1.165, 1.54) is 4.68 Å². The molecule has 16 heavy (non-hydrogen) atoms. The lowest BCUT2D eigenvalue weighted by molar-refractivity contribution is 0.0948. The van der Waals surface area contributed by atoms with Gasteiger partial charge in [0.25, 0.3) is 5.91 Å². The molecule has 6 heteroatoms. The molecule has 1 heterocycles. The maximum absolute atomic E-state index is 11.7. The molecule has 0 aromatic carbocycles. The van der Waals surface area contributed by atoms with Crippen molar-refractivity contribution in [2.45, 2.75) is 25.8 Å². The van der Waals surface area contributed by atoms with Gasteiger partial charge >= 0.3 is 0 Å². The molecular weight excluding hydrogens is 208 g/mol. The molecule has 0 unspecified atom stereocenters. The van der Waals surface area contributed by atoms with E-state index in [1.807, 2.05) is 6.07 Å². The van der Waals surface area contributed by atoms with Crippen molar-refractivity contribution in [1.29, 1.82) is 5.26 Å². The molecule has 0 radical (unpaired) electrons. The third-order valence-corrected chi connectivity index (χ3v) is 2.61. The molecule has 6 nitrogen and oxygen atoms in total. The van der Waals surface area contributed by atoms with E-state index in [4.69, 9.17) is 11.0 Å². The first-order valence-electron chi connectivity index (χ1n) is 4.94. The highest BCUT2D eigenvalue weighted by molar-refractivity contribution is 6.07. The van der Waals surface area contributed by atoms with Crippen molar-refractivity contribution in [3.63, 3.8) is 0 Å². The fourth-order valence-corrected chi connectivity index (χ4v) is 1.96. The molecule has 1 aliphatic carbocycles. The number of hydrogen-bond donors (Lipinski definition) is 1. The largest absolute Gasteiger partial charge is 0.364 e. The van der Waals surface area contributed by atoms with E-state index in [0.29, 0.717) is 24.1 Å². The number of amides is 1. The Morgan fingerprint density at radius 1 is 1.56 bits per heavy atom. The van der Waals surface area contributed by atoms with Crippen LogP contribution in [0.5, 0.6) is 0 Å². The number of carbonyl (C=O) groups excluding carboxylic acids is 2. The van der Waals surface area contributed by atoms with Gasteiger partial charge in [0.1, 0.15) is 6.54 Å². The van der Waals surface area contributed by atoms with Gasteiger partial charge in [-0.25, -0.2) is 0 Å². The molecule has 2 N–H and O–H groups in total. The maximum Gasteiger partial charge on any atom is 0.269 e. The number of rotatable bonds is 2. The van der Waals surface area contributed by atoms with Crippen LogP contribution in [0.2, 0.25) is 0 Å². The minimum absolute atomic E-state index is 0.00468. The predicted molar refractivity (Wildman–Crippen MR) is 53.6 cm³/mol. The predicted octanol–water partition coefficient (Wildman–Crippen LogP) is 0.0246. The Bertz CT molecular complexity index is 510. The Balaban J connectivity index is 2.61. The number of nitriles is 1. The van der Waals surface area contributed by atoms with Crippen LogP contribution < -0.4 is 5.73 Å². The van der Waals surface area contributed by atoms with Crippen molar-refractivity contribution >= 4 is 11.7 Å². The first-order chi connectivity index (χ1) is 7.65. The van der Waals surface area contributed by atoms with Crippen LogP contribution in [0.3, 0.4) is 0 Å². The van der Waals surface area contributed by atoms with Crippen LogP contribution >= 0.6 is 0 Å². The Labute approximate surface area is 91.6 Å². The van der Waals surface area contributed by atoms with Gasteiger partial charge < -0.3 is 5.73 Å². The quantitative estimate of drug-likeness (QED) is 0.756. The molecule has 2 rings (SSSR count). The van der Waals surface area contributed by atoms with E-state index in [-0.39, 0.29) is 18.0 Å². The van der Waals surface area contributed by atoms with E-state index < -0.39 is 5.91 Å².